The molecule has 3 aromatic rings. The Morgan fingerprint density at radius 3 is 2.12 bits per heavy atom. The van der Waals surface area contributed by atoms with Crippen molar-refractivity contribution in [1.82, 2.24) is 10.3 Å². The zero-order valence-electron chi connectivity index (χ0n) is 18.8. The van der Waals surface area contributed by atoms with Crippen LogP contribution in [-0.4, -0.2) is 54.8 Å². The smallest absolute Gasteiger partial charge is 0.287 e. The van der Waals surface area contributed by atoms with Crippen LogP contribution in [0.2, 0.25) is 0 Å². The van der Waals surface area contributed by atoms with Gasteiger partial charge in [-0.25, -0.2) is 4.98 Å². The van der Waals surface area contributed by atoms with Gasteiger partial charge in [0.05, 0.1) is 5.56 Å². The average molecular weight is 458 g/mol. The topological polar surface area (TPSA) is 109 Å². The molecule has 2 aromatic carbocycles. The molecule has 8 nitrogen and oxygen atoms in total. The van der Waals surface area contributed by atoms with Gasteiger partial charge in [-0.15, -0.1) is 0 Å². The third kappa shape index (κ3) is 5.40. The van der Waals surface area contributed by atoms with Gasteiger partial charge in [0.1, 0.15) is 11.9 Å². The third-order valence-corrected chi connectivity index (χ3v) is 5.88. The molecule has 0 radical (unpaired) electrons. The van der Waals surface area contributed by atoms with Crippen molar-refractivity contribution < 1.29 is 14.4 Å². The van der Waals surface area contributed by atoms with Crippen molar-refractivity contribution in [2.45, 2.75) is 12.5 Å². The number of benzene rings is 2. The first-order valence-electron chi connectivity index (χ1n) is 11.2. The number of pyridine rings is 1. The van der Waals surface area contributed by atoms with Crippen LogP contribution >= 0.6 is 0 Å². The minimum absolute atomic E-state index is 0.166. The van der Waals surface area contributed by atoms with E-state index in [4.69, 9.17) is 5.73 Å². The van der Waals surface area contributed by atoms with Gasteiger partial charge in [0, 0.05) is 44.5 Å². The van der Waals surface area contributed by atoms with E-state index in [-0.39, 0.29) is 6.42 Å². The Hall–Kier alpha value is -4.20. The van der Waals surface area contributed by atoms with Gasteiger partial charge in [-0.2, -0.15) is 0 Å². The van der Waals surface area contributed by atoms with E-state index in [1.54, 1.807) is 18.3 Å². The molecule has 1 saturated heterocycles. The summed E-state index contributed by atoms with van der Waals surface area (Å²) in [5.41, 5.74) is 7.57. The van der Waals surface area contributed by atoms with Gasteiger partial charge in [0.15, 0.2) is 0 Å². The van der Waals surface area contributed by atoms with Gasteiger partial charge in [0.2, 0.25) is 5.78 Å². The molecule has 1 unspecified atom stereocenters. The summed E-state index contributed by atoms with van der Waals surface area (Å²) in [6.45, 7) is 2.97. The molecule has 2 heterocycles. The molecule has 0 spiro atoms. The normalized spacial score (nSPS) is 14.4. The summed E-state index contributed by atoms with van der Waals surface area (Å²) in [7, 11) is 0. The molecule has 0 bridgehead atoms. The fourth-order valence-corrected chi connectivity index (χ4v) is 4.11. The average Bonchev–Trinajstić information content (AvgIpc) is 2.89. The van der Waals surface area contributed by atoms with E-state index in [0.29, 0.717) is 24.5 Å². The standard InChI is InChI=1S/C26H27N5O3/c27-24(33)23(32)22(18-19-8-3-1-4-9-19)29-26(34)21-12-7-13-28-25(21)31-16-14-30(15-17-31)20-10-5-2-6-11-20/h1-13,22H,14-18H2,(H2,27,33)(H,29,34). The number of primary amides is 1. The van der Waals surface area contributed by atoms with Crippen LogP contribution in [0, 0.1) is 0 Å². The molecule has 1 atom stereocenters. The maximum atomic E-state index is 13.2. The molecule has 2 amide bonds. The quantitative estimate of drug-likeness (QED) is 0.500. The molecule has 0 saturated carbocycles. The Kier molecular flexibility index (Phi) is 7.17. The van der Waals surface area contributed by atoms with Crippen molar-refractivity contribution in [3.8, 4) is 0 Å². The van der Waals surface area contributed by atoms with E-state index in [1.807, 2.05) is 48.5 Å². The number of aromatic nitrogens is 1. The van der Waals surface area contributed by atoms with Crippen LogP contribution in [0.25, 0.3) is 0 Å². The molecule has 34 heavy (non-hydrogen) atoms. The number of Topliss-reactive ketones (excluding diaryl/α,β-unsaturated/α-hetero) is 1. The number of ketones is 1. The number of nitrogens with zero attached hydrogens (tertiary/aromatic N) is 3. The summed E-state index contributed by atoms with van der Waals surface area (Å²) in [5, 5.41) is 2.71. The number of nitrogens with two attached hydrogens (primary N) is 1. The van der Waals surface area contributed by atoms with E-state index in [0.717, 1.165) is 24.3 Å². The van der Waals surface area contributed by atoms with Gasteiger partial charge in [-0.1, -0.05) is 48.5 Å². The number of hydrogen-bond donors (Lipinski definition) is 2. The van der Waals surface area contributed by atoms with Gasteiger partial charge in [-0.05, 0) is 29.8 Å². The maximum absolute atomic E-state index is 13.2. The molecule has 1 aliphatic rings. The molecule has 1 fully saturated rings. The summed E-state index contributed by atoms with van der Waals surface area (Å²) in [6, 6.07) is 21.7. The van der Waals surface area contributed by atoms with E-state index in [2.05, 4.69) is 32.2 Å². The van der Waals surface area contributed by atoms with Crippen LogP contribution in [-0.2, 0) is 16.0 Å². The molecule has 1 aliphatic heterocycles. The summed E-state index contributed by atoms with van der Waals surface area (Å²) >= 11 is 0. The van der Waals surface area contributed by atoms with Crippen LogP contribution in [0.15, 0.2) is 79.0 Å². The number of hydrogen-bond acceptors (Lipinski definition) is 6. The lowest BCUT2D eigenvalue weighted by Crippen LogP contribution is -2.49. The lowest BCUT2D eigenvalue weighted by Gasteiger charge is -2.37. The second-order valence-corrected chi connectivity index (χ2v) is 8.13. The Balaban J connectivity index is 1.49. The molecule has 174 valence electrons. The third-order valence-electron chi connectivity index (χ3n) is 5.88. The van der Waals surface area contributed by atoms with Crippen LogP contribution in [0.3, 0.4) is 0 Å². The first-order chi connectivity index (χ1) is 16.5. The summed E-state index contributed by atoms with van der Waals surface area (Å²) in [4.78, 5) is 46.1. The van der Waals surface area contributed by atoms with E-state index in [9.17, 15) is 14.4 Å². The van der Waals surface area contributed by atoms with E-state index < -0.39 is 23.6 Å². The fourth-order valence-electron chi connectivity index (χ4n) is 4.11. The Morgan fingerprint density at radius 2 is 1.47 bits per heavy atom. The lowest BCUT2D eigenvalue weighted by molar-refractivity contribution is -0.137. The van der Waals surface area contributed by atoms with Gasteiger partial charge < -0.3 is 20.9 Å². The van der Waals surface area contributed by atoms with Crippen LogP contribution in [0.4, 0.5) is 11.5 Å². The zero-order valence-corrected chi connectivity index (χ0v) is 18.8. The van der Waals surface area contributed by atoms with Crippen molar-refractivity contribution in [2.24, 2.45) is 5.73 Å². The maximum Gasteiger partial charge on any atom is 0.287 e. The highest BCUT2D eigenvalue weighted by atomic mass is 16.2. The second-order valence-electron chi connectivity index (χ2n) is 8.13. The minimum Gasteiger partial charge on any atom is -0.368 e. The number of piperazine rings is 1. The van der Waals surface area contributed by atoms with Crippen molar-refractivity contribution >= 4 is 29.1 Å². The number of para-hydroxylation sites is 1. The molecule has 4 rings (SSSR count). The van der Waals surface area contributed by atoms with Crippen molar-refractivity contribution in [3.05, 3.63) is 90.1 Å². The zero-order chi connectivity index (χ0) is 23.9. The lowest BCUT2D eigenvalue weighted by atomic mass is 10.0. The van der Waals surface area contributed by atoms with Gasteiger partial charge in [0.25, 0.3) is 11.8 Å². The van der Waals surface area contributed by atoms with Crippen molar-refractivity contribution in [1.29, 1.82) is 0 Å². The number of carbonyl (C=O) groups excluding carboxylic acids is 3. The van der Waals surface area contributed by atoms with Crippen molar-refractivity contribution in [2.75, 3.05) is 36.0 Å². The molecule has 8 heteroatoms. The molecular formula is C26H27N5O3. The minimum atomic E-state index is -1.08. The number of nitrogens with one attached hydrogen (secondary N) is 1. The monoisotopic (exact) mass is 457 g/mol. The highest BCUT2D eigenvalue weighted by Gasteiger charge is 2.28. The Bertz CT molecular complexity index is 1150. The summed E-state index contributed by atoms with van der Waals surface area (Å²) in [6.07, 6.45) is 1.81. The largest absolute Gasteiger partial charge is 0.368 e. The van der Waals surface area contributed by atoms with Crippen LogP contribution in [0.5, 0.6) is 0 Å². The molecule has 3 N–H and O–H groups in total. The van der Waals surface area contributed by atoms with E-state index >= 15 is 0 Å². The first kappa shape index (κ1) is 23.0. The molecule has 0 aliphatic carbocycles. The van der Waals surface area contributed by atoms with Gasteiger partial charge >= 0.3 is 0 Å². The van der Waals surface area contributed by atoms with Crippen molar-refractivity contribution in [3.63, 3.8) is 0 Å². The SMILES string of the molecule is NC(=O)C(=O)C(Cc1ccccc1)NC(=O)c1cccnc1N1CCN(c2ccccc2)CC1. The molecular weight excluding hydrogens is 430 g/mol. The number of anilines is 2. The Morgan fingerprint density at radius 1 is 0.853 bits per heavy atom. The fraction of sp³-hybridized carbons (Fsp3) is 0.231. The van der Waals surface area contributed by atoms with Crippen LogP contribution < -0.4 is 20.9 Å². The molecule has 1 aromatic heterocycles. The summed E-state index contributed by atoms with van der Waals surface area (Å²) < 4.78 is 0. The number of carbonyl (C=O) groups is 3. The number of amides is 2. The predicted molar refractivity (Wildman–Crippen MR) is 131 cm³/mol. The predicted octanol–water partition coefficient (Wildman–Crippen LogP) is 1.80. The number of rotatable bonds is 8. The van der Waals surface area contributed by atoms with E-state index in [1.165, 1.54) is 0 Å². The Labute approximate surface area is 198 Å². The second kappa shape index (κ2) is 10.6. The van der Waals surface area contributed by atoms with Gasteiger partial charge in [-0.3, -0.25) is 14.4 Å². The highest BCUT2D eigenvalue weighted by molar-refractivity contribution is 6.38. The summed E-state index contributed by atoms with van der Waals surface area (Å²) in [5.74, 6) is -1.83. The first-order valence-corrected chi connectivity index (χ1v) is 11.2. The highest BCUT2D eigenvalue weighted by Crippen LogP contribution is 2.22. The van der Waals surface area contributed by atoms with Crippen LogP contribution in [0.1, 0.15) is 15.9 Å².